The summed E-state index contributed by atoms with van der Waals surface area (Å²) in [5, 5.41) is 1.17. The van der Waals surface area contributed by atoms with Crippen molar-refractivity contribution in [2.75, 3.05) is 11.4 Å². The number of thioether (sulfide) groups is 1. The Hall–Kier alpha value is -1.65. The van der Waals surface area contributed by atoms with Crippen molar-refractivity contribution in [2.45, 2.75) is 36.0 Å². The zero-order chi connectivity index (χ0) is 16.7. The second-order valence-electron chi connectivity index (χ2n) is 6.24. The summed E-state index contributed by atoms with van der Waals surface area (Å²) in [5.41, 5.74) is 2.00. The molecule has 2 aromatic rings. The minimum Gasteiger partial charge on any atom is -0.480 e. The summed E-state index contributed by atoms with van der Waals surface area (Å²) >= 11 is 7.88. The SMILES string of the molecule is CC1CCN(C(=O)C2Cc3cc(Cl)ccc3O2)c2ccccc2S1. The molecule has 2 aliphatic heterocycles. The molecule has 5 heteroatoms. The van der Waals surface area contributed by atoms with Crippen molar-refractivity contribution in [3.05, 3.63) is 53.1 Å². The van der Waals surface area contributed by atoms with E-state index in [2.05, 4.69) is 13.0 Å². The number of rotatable bonds is 1. The Kier molecular flexibility index (Phi) is 4.19. The van der Waals surface area contributed by atoms with Gasteiger partial charge in [0.15, 0.2) is 6.10 Å². The fraction of sp³-hybridized carbons (Fsp3) is 0.316. The number of para-hydroxylation sites is 1. The van der Waals surface area contributed by atoms with Gasteiger partial charge in [-0.2, -0.15) is 0 Å². The third-order valence-corrected chi connectivity index (χ3v) is 5.95. The highest BCUT2D eigenvalue weighted by Crippen LogP contribution is 2.39. The fourth-order valence-corrected chi connectivity index (χ4v) is 4.55. The number of fused-ring (bicyclic) bond motifs is 2. The highest BCUT2D eigenvalue weighted by Gasteiger charge is 2.35. The summed E-state index contributed by atoms with van der Waals surface area (Å²) < 4.78 is 5.90. The number of benzene rings is 2. The number of halogens is 1. The summed E-state index contributed by atoms with van der Waals surface area (Å²) in [6.45, 7) is 2.93. The van der Waals surface area contributed by atoms with Crippen LogP contribution in [0, 0.1) is 0 Å². The molecule has 2 unspecified atom stereocenters. The number of nitrogens with zero attached hydrogens (tertiary/aromatic N) is 1. The number of hydrogen-bond acceptors (Lipinski definition) is 3. The van der Waals surface area contributed by atoms with Crippen molar-refractivity contribution < 1.29 is 9.53 Å². The van der Waals surface area contributed by atoms with Gasteiger partial charge in [-0.3, -0.25) is 4.79 Å². The van der Waals surface area contributed by atoms with E-state index in [4.69, 9.17) is 16.3 Å². The van der Waals surface area contributed by atoms with Gasteiger partial charge < -0.3 is 9.64 Å². The van der Waals surface area contributed by atoms with Gasteiger partial charge in [0.2, 0.25) is 0 Å². The van der Waals surface area contributed by atoms with E-state index < -0.39 is 6.10 Å². The summed E-state index contributed by atoms with van der Waals surface area (Å²) in [6, 6.07) is 13.7. The van der Waals surface area contributed by atoms with Gasteiger partial charge in [0, 0.05) is 28.1 Å². The van der Waals surface area contributed by atoms with Gasteiger partial charge in [-0.1, -0.05) is 30.7 Å². The van der Waals surface area contributed by atoms with Gasteiger partial charge in [-0.05, 0) is 42.3 Å². The molecule has 124 valence electrons. The minimum atomic E-state index is -0.468. The topological polar surface area (TPSA) is 29.5 Å². The predicted octanol–water partition coefficient (Wildman–Crippen LogP) is 4.56. The number of anilines is 1. The Bertz CT molecular complexity index is 795. The minimum absolute atomic E-state index is 0.0319. The molecule has 1 amide bonds. The van der Waals surface area contributed by atoms with E-state index in [0.717, 1.165) is 34.9 Å². The van der Waals surface area contributed by atoms with E-state index in [0.29, 0.717) is 16.7 Å². The van der Waals surface area contributed by atoms with Crippen LogP contribution in [0.25, 0.3) is 0 Å². The monoisotopic (exact) mass is 359 g/mol. The van der Waals surface area contributed by atoms with Gasteiger partial charge in [-0.15, -0.1) is 11.8 Å². The van der Waals surface area contributed by atoms with Crippen LogP contribution >= 0.6 is 23.4 Å². The van der Waals surface area contributed by atoms with Crippen LogP contribution < -0.4 is 9.64 Å². The average Bonchev–Trinajstić information content (AvgIpc) is 2.91. The van der Waals surface area contributed by atoms with Crippen molar-refractivity contribution in [3.63, 3.8) is 0 Å². The molecule has 2 atom stereocenters. The molecule has 4 rings (SSSR count). The molecule has 0 spiro atoms. The van der Waals surface area contributed by atoms with E-state index in [1.54, 1.807) is 6.07 Å². The Morgan fingerprint density at radius 1 is 1.29 bits per heavy atom. The lowest BCUT2D eigenvalue weighted by atomic mass is 10.1. The first kappa shape index (κ1) is 15.9. The Labute approximate surface area is 150 Å². The summed E-state index contributed by atoms with van der Waals surface area (Å²) in [5.74, 6) is 0.799. The summed E-state index contributed by atoms with van der Waals surface area (Å²) in [7, 11) is 0. The molecule has 0 bridgehead atoms. The Morgan fingerprint density at radius 2 is 2.12 bits per heavy atom. The van der Waals surface area contributed by atoms with Crippen LogP contribution in [0.2, 0.25) is 5.02 Å². The smallest absolute Gasteiger partial charge is 0.268 e. The fourth-order valence-electron chi connectivity index (χ4n) is 3.24. The second-order valence-corrected chi connectivity index (χ2v) is 8.15. The summed E-state index contributed by atoms with van der Waals surface area (Å²) in [6.07, 6.45) is 1.08. The standard InChI is InChI=1S/C19H18ClNO2S/c1-12-8-9-21(15-4-2-3-5-18(15)24-12)19(22)17-11-13-10-14(20)6-7-16(13)23-17/h2-7,10,12,17H,8-9,11H2,1H3. The quantitative estimate of drug-likeness (QED) is 0.747. The highest BCUT2D eigenvalue weighted by atomic mass is 35.5. The molecular weight excluding hydrogens is 342 g/mol. The van der Waals surface area contributed by atoms with Gasteiger partial charge >= 0.3 is 0 Å². The van der Waals surface area contributed by atoms with Crippen LogP contribution in [0.15, 0.2) is 47.4 Å². The van der Waals surface area contributed by atoms with E-state index in [1.807, 2.05) is 47.0 Å². The van der Waals surface area contributed by atoms with Crippen LogP contribution in [-0.2, 0) is 11.2 Å². The van der Waals surface area contributed by atoms with Crippen LogP contribution in [0.1, 0.15) is 18.9 Å². The molecule has 2 aromatic carbocycles. The van der Waals surface area contributed by atoms with Crippen LogP contribution in [0.3, 0.4) is 0 Å². The van der Waals surface area contributed by atoms with Crippen molar-refractivity contribution in [1.82, 2.24) is 0 Å². The van der Waals surface area contributed by atoms with Crippen molar-refractivity contribution in [1.29, 1.82) is 0 Å². The molecule has 24 heavy (non-hydrogen) atoms. The number of hydrogen-bond donors (Lipinski definition) is 0. The predicted molar refractivity (Wildman–Crippen MR) is 98.3 cm³/mol. The molecule has 0 fully saturated rings. The van der Waals surface area contributed by atoms with Gasteiger partial charge in [0.25, 0.3) is 5.91 Å². The molecule has 0 aromatic heterocycles. The van der Waals surface area contributed by atoms with Crippen molar-refractivity contribution in [2.24, 2.45) is 0 Å². The molecule has 3 nitrogen and oxygen atoms in total. The molecule has 2 aliphatic rings. The summed E-state index contributed by atoms with van der Waals surface area (Å²) in [4.78, 5) is 16.2. The van der Waals surface area contributed by atoms with E-state index >= 15 is 0 Å². The van der Waals surface area contributed by atoms with Gasteiger partial charge in [0.05, 0.1) is 5.69 Å². The number of carbonyl (C=O) groups excluding carboxylic acids is 1. The van der Waals surface area contributed by atoms with Crippen molar-refractivity contribution in [3.8, 4) is 5.75 Å². The molecular formula is C19H18ClNO2S. The van der Waals surface area contributed by atoms with Crippen LogP contribution in [0.4, 0.5) is 5.69 Å². The first-order valence-corrected chi connectivity index (χ1v) is 9.40. The van der Waals surface area contributed by atoms with E-state index in [-0.39, 0.29) is 5.91 Å². The van der Waals surface area contributed by atoms with Crippen molar-refractivity contribution >= 4 is 35.0 Å². The third kappa shape index (κ3) is 2.89. The van der Waals surface area contributed by atoms with E-state index in [9.17, 15) is 4.79 Å². The average molecular weight is 360 g/mol. The zero-order valence-electron chi connectivity index (χ0n) is 13.4. The number of carbonyl (C=O) groups is 1. The second kappa shape index (κ2) is 6.34. The molecule has 0 aliphatic carbocycles. The molecule has 0 saturated carbocycles. The molecule has 0 saturated heterocycles. The molecule has 0 N–H and O–H groups in total. The third-order valence-electron chi connectivity index (χ3n) is 4.48. The van der Waals surface area contributed by atoms with E-state index in [1.165, 1.54) is 0 Å². The normalized spacial score (nSPS) is 22.3. The van der Waals surface area contributed by atoms with Gasteiger partial charge in [-0.25, -0.2) is 0 Å². The van der Waals surface area contributed by atoms with Gasteiger partial charge in [0.1, 0.15) is 5.75 Å². The maximum atomic E-state index is 13.1. The maximum Gasteiger partial charge on any atom is 0.268 e. The number of ether oxygens (including phenoxy) is 1. The first-order chi connectivity index (χ1) is 11.6. The first-order valence-electron chi connectivity index (χ1n) is 8.14. The lowest BCUT2D eigenvalue weighted by molar-refractivity contribution is -0.124. The van der Waals surface area contributed by atoms with Crippen LogP contribution in [0.5, 0.6) is 5.75 Å². The Morgan fingerprint density at radius 3 is 3.00 bits per heavy atom. The lowest BCUT2D eigenvalue weighted by Gasteiger charge is -2.25. The molecule has 2 heterocycles. The Balaban J connectivity index is 1.61. The highest BCUT2D eigenvalue weighted by molar-refractivity contribution is 8.00. The lowest BCUT2D eigenvalue weighted by Crippen LogP contribution is -2.42. The maximum absolute atomic E-state index is 13.1. The number of amides is 1. The molecule has 0 radical (unpaired) electrons. The largest absolute Gasteiger partial charge is 0.480 e. The van der Waals surface area contributed by atoms with Crippen LogP contribution in [-0.4, -0.2) is 23.8 Å². The zero-order valence-corrected chi connectivity index (χ0v) is 14.9.